The predicted molar refractivity (Wildman–Crippen MR) is 88.9 cm³/mol. The number of fused-ring (bicyclic) bond motifs is 1. The summed E-state index contributed by atoms with van der Waals surface area (Å²) in [6.45, 7) is 0.717. The maximum atomic E-state index is 9.56. The van der Waals surface area contributed by atoms with Gasteiger partial charge in [-0.3, -0.25) is 0 Å². The number of ether oxygens (including phenoxy) is 2. The molecule has 1 aliphatic carbocycles. The van der Waals surface area contributed by atoms with Crippen molar-refractivity contribution < 1.29 is 9.47 Å². The number of hydrogen-bond acceptors (Lipinski definition) is 5. The van der Waals surface area contributed by atoms with Crippen molar-refractivity contribution in [3.05, 3.63) is 64.4 Å². The van der Waals surface area contributed by atoms with E-state index in [-0.39, 0.29) is 0 Å². The van der Waals surface area contributed by atoms with Crippen LogP contribution in [0.5, 0.6) is 0 Å². The second-order valence-electron chi connectivity index (χ2n) is 5.75. The van der Waals surface area contributed by atoms with E-state index in [1.807, 2.05) is 18.2 Å². The van der Waals surface area contributed by atoms with Crippen LogP contribution in [0.2, 0.25) is 0 Å². The van der Waals surface area contributed by atoms with Crippen molar-refractivity contribution >= 4 is 16.3 Å². The van der Waals surface area contributed by atoms with Gasteiger partial charge in [-0.05, 0) is 17.5 Å². The Labute approximate surface area is 139 Å². The highest BCUT2D eigenvalue weighted by Crippen LogP contribution is 2.43. The highest BCUT2D eigenvalue weighted by atomic mass is 32.1. The first-order valence-corrected chi connectivity index (χ1v) is 8.44. The summed E-state index contributed by atoms with van der Waals surface area (Å²) in [6, 6.07) is 12.6. The highest BCUT2D eigenvalue weighted by molar-refractivity contribution is 7.16. The third-order valence-corrected chi connectivity index (χ3v) is 5.50. The van der Waals surface area contributed by atoms with Gasteiger partial charge >= 0.3 is 0 Å². The van der Waals surface area contributed by atoms with Crippen LogP contribution in [-0.4, -0.2) is 5.79 Å². The third-order valence-electron chi connectivity index (χ3n) is 4.31. The van der Waals surface area contributed by atoms with Crippen LogP contribution in [-0.2, 0) is 28.9 Å². The Balaban J connectivity index is 1.57. The number of anilines is 1. The minimum atomic E-state index is -0.554. The first-order chi connectivity index (χ1) is 11.3. The minimum Gasteiger partial charge on any atom is -0.456 e. The molecule has 1 aromatic carbocycles. The molecule has 116 valence electrons. The fourth-order valence-corrected chi connectivity index (χ4v) is 4.40. The lowest BCUT2D eigenvalue weighted by molar-refractivity contribution is -0.147. The number of rotatable bonds is 3. The van der Waals surface area contributed by atoms with E-state index in [9.17, 15) is 5.26 Å². The van der Waals surface area contributed by atoms with E-state index >= 15 is 0 Å². The summed E-state index contributed by atoms with van der Waals surface area (Å²) in [4.78, 5) is 1.19. The van der Waals surface area contributed by atoms with Gasteiger partial charge in [-0.25, -0.2) is 0 Å². The van der Waals surface area contributed by atoms with E-state index in [0.29, 0.717) is 13.0 Å². The van der Waals surface area contributed by atoms with Gasteiger partial charge in [0.25, 0.3) is 5.79 Å². The van der Waals surface area contributed by atoms with Crippen molar-refractivity contribution in [2.45, 2.75) is 31.6 Å². The van der Waals surface area contributed by atoms with Crippen molar-refractivity contribution in [2.24, 2.45) is 0 Å². The van der Waals surface area contributed by atoms with Crippen LogP contribution in [0.3, 0.4) is 0 Å². The van der Waals surface area contributed by atoms with Crippen molar-refractivity contribution in [2.75, 3.05) is 5.32 Å². The molecule has 4 rings (SSSR count). The standard InChI is InChI=1S/C18H16N2O2S/c19-11-15-14-6-7-18(21-8-9-22-18)10-16(14)23-17(15)20-12-13-4-2-1-3-5-13/h1-5,8-9,20H,6-7,10,12H2. The Morgan fingerprint density at radius 1 is 1.22 bits per heavy atom. The lowest BCUT2D eigenvalue weighted by Crippen LogP contribution is -2.36. The Bertz CT molecular complexity index is 781. The van der Waals surface area contributed by atoms with E-state index in [1.54, 1.807) is 23.9 Å². The van der Waals surface area contributed by atoms with E-state index in [1.165, 1.54) is 10.4 Å². The average Bonchev–Trinajstić information content (AvgIpc) is 3.18. The quantitative estimate of drug-likeness (QED) is 0.929. The molecule has 2 aliphatic rings. The maximum absolute atomic E-state index is 9.56. The molecule has 2 heterocycles. The molecule has 0 amide bonds. The molecule has 0 saturated carbocycles. The number of thiophene rings is 1. The minimum absolute atomic E-state index is 0.554. The van der Waals surface area contributed by atoms with Crippen LogP contribution >= 0.6 is 11.3 Å². The smallest absolute Gasteiger partial charge is 0.254 e. The van der Waals surface area contributed by atoms with Gasteiger partial charge in [0.1, 0.15) is 23.6 Å². The second kappa shape index (κ2) is 5.64. The molecule has 0 bridgehead atoms. The zero-order valence-corrected chi connectivity index (χ0v) is 13.4. The van der Waals surface area contributed by atoms with E-state index in [2.05, 4.69) is 23.5 Å². The summed E-state index contributed by atoms with van der Waals surface area (Å²) in [5, 5.41) is 13.9. The van der Waals surface area contributed by atoms with E-state index in [0.717, 1.165) is 29.0 Å². The van der Waals surface area contributed by atoms with Crippen molar-refractivity contribution in [1.29, 1.82) is 5.26 Å². The molecule has 2 aromatic rings. The monoisotopic (exact) mass is 324 g/mol. The molecular formula is C18H16N2O2S. The van der Waals surface area contributed by atoms with Crippen molar-refractivity contribution in [3.63, 3.8) is 0 Å². The second-order valence-corrected chi connectivity index (χ2v) is 6.86. The maximum Gasteiger partial charge on any atom is 0.254 e. The molecule has 4 nitrogen and oxygen atoms in total. The zero-order chi connectivity index (χ0) is 15.7. The Hall–Kier alpha value is -2.45. The number of benzene rings is 1. The molecule has 23 heavy (non-hydrogen) atoms. The number of nitrogens with zero attached hydrogens (tertiary/aromatic N) is 1. The predicted octanol–water partition coefficient (Wildman–Crippen LogP) is 3.93. The fourth-order valence-electron chi connectivity index (χ4n) is 3.12. The number of hydrogen-bond donors (Lipinski definition) is 1. The Morgan fingerprint density at radius 3 is 2.74 bits per heavy atom. The Kier molecular flexibility index (Phi) is 3.47. The molecule has 5 heteroatoms. The van der Waals surface area contributed by atoms with Gasteiger partial charge in [0.2, 0.25) is 0 Å². The summed E-state index contributed by atoms with van der Waals surface area (Å²) in [6.07, 6.45) is 5.50. The largest absolute Gasteiger partial charge is 0.456 e. The van der Waals surface area contributed by atoms with Gasteiger partial charge < -0.3 is 14.8 Å². The fraction of sp³-hybridized carbons (Fsp3) is 0.278. The lowest BCUT2D eigenvalue weighted by Gasteiger charge is -2.31. The normalized spacial score (nSPS) is 17.2. The first-order valence-electron chi connectivity index (χ1n) is 7.63. The molecule has 1 spiro atoms. The molecule has 1 N–H and O–H groups in total. The van der Waals surface area contributed by atoms with Gasteiger partial charge in [0.15, 0.2) is 0 Å². The summed E-state index contributed by atoms with van der Waals surface area (Å²) in [5.74, 6) is -0.554. The Morgan fingerprint density at radius 2 is 2.00 bits per heavy atom. The zero-order valence-electron chi connectivity index (χ0n) is 12.5. The molecular weight excluding hydrogens is 308 g/mol. The molecule has 0 fully saturated rings. The van der Waals surface area contributed by atoms with Crippen LogP contribution in [0.15, 0.2) is 42.9 Å². The van der Waals surface area contributed by atoms with Crippen LogP contribution in [0.1, 0.15) is 28.0 Å². The van der Waals surface area contributed by atoms with E-state index in [4.69, 9.17) is 9.47 Å². The molecule has 0 unspecified atom stereocenters. The van der Waals surface area contributed by atoms with Crippen LogP contribution in [0.25, 0.3) is 0 Å². The van der Waals surface area contributed by atoms with Crippen molar-refractivity contribution in [3.8, 4) is 6.07 Å². The molecule has 1 aromatic heterocycles. The molecule has 1 aliphatic heterocycles. The summed E-state index contributed by atoms with van der Waals surface area (Å²) >= 11 is 1.65. The van der Waals surface area contributed by atoms with Crippen LogP contribution in [0, 0.1) is 11.3 Å². The summed E-state index contributed by atoms with van der Waals surface area (Å²) in [5.41, 5.74) is 3.13. The van der Waals surface area contributed by atoms with Crippen molar-refractivity contribution in [1.82, 2.24) is 0 Å². The van der Waals surface area contributed by atoms with E-state index < -0.39 is 5.79 Å². The van der Waals surface area contributed by atoms with Crippen LogP contribution < -0.4 is 5.32 Å². The number of nitrogens with one attached hydrogen (secondary N) is 1. The van der Waals surface area contributed by atoms with Gasteiger partial charge in [-0.1, -0.05) is 30.3 Å². The molecule has 0 radical (unpaired) electrons. The third kappa shape index (κ3) is 2.55. The first kappa shape index (κ1) is 14.2. The topological polar surface area (TPSA) is 54.3 Å². The lowest BCUT2D eigenvalue weighted by atomic mass is 9.91. The SMILES string of the molecule is N#Cc1c(NCc2ccccc2)sc2c1CCC1(C2)OC=CO1. The summed E-state index contributed by atoms with van der Waals surface area (Å²) < 4.78 is 11.3. The van der Waals surface area contributed by atoms with Gasteiger partial charge in [0, 0.05) is 17.8 Å². The van der Waals surface area contributed by atoms with Gasteiger partial charge in [-0.2, -0.15) is 5.26 Å². The highest BCUT2D eigenvalue weighted by Gasteiger charge is 2.41. The average molecular weight is 324 g/mol. The molecule has 0 atom stereocenters. The van der Waals surface area contributed by atoms with Gasteiger partial charge in [-0.15, -0.1) is 11.3 Å². The number of nitriles is 1. The van der Waals surface area contributed by atoms with Crippen LogP contribution in [0.4, 0.5) is 5.00 Å². The molecule has 0 saturated heterocycles. The van der Waals surface area contributed by atoms with Gasteiger partial charge in [0.05, 0.1) is 12.0 Å². The summed E-state index contributed by atoms with van der Waals surface area (Å²) in [7, 11) is 0.